The Hall–Kier alpha value is -0.830. The number of hydrogen-bond donors (Lipinski definition) is 1. The van der Waals surface area contributed by atoms with E-state index in [1.165, 1.54) is 6.08 Å². The van der Waals surface area contributed by atoms with E-state index in [-0.39, 0.29) is 0 Å². The minimum atomic E-state index is -0.714. The van der Waals surface area contributed by atoms with Crippen molar-refractivity contribution in [2.24, 2.45) is 5.73 Å². The zero-order valence-corrected chi connectivity index (χ0v) is 7.26. The van der Waals surface area contributed by atoms with Crippen LogP contribution in [0.15, 0.2) is 12.7 Å². The Morgan fingerprint density at radius 3 is 2.36 bits per heavy atom. The standard InChI is InChI=1S/C8H15NO2/c1-5-6(9)7(10)11-8(2,3)4/h5-6H,1,9H2,2-4H3. The normalized spacial score (nSPS) is 13.8. The zero-order valence-electron chi connectivity index (χ0n) is 7.26. The van der Waals surface area contributed by atoms with Gasteiger partial charge in [0.25, 0.3) is 0 Å². The third-order valence-corrected chi connectivity index (χ3v) is 0.933. The lowest BCUT2D eigenvalue weighted by atomic mass is 10.2. The molecule has 1 atom stereocenters. The second-order valence-electron chi connectivity index (χ2n) is 3.29. The van der Waals surface area contributed by atoms with E-state index in [0.717, 1.165) is 0 Å². The number of hydrogen-bond acceptors (Lipinski definition) is 3. The van der Waals surface area contributed by atoms with Crippen LogP contribution in [0.25, 0.3) is 0 Å². The van der Waals surface area contributed by atoms with Gasteiger partial charge in [0, 0.05) is 0 Å². The lowest BCUT2D eigenvalue weighted by Gasteiger charge is -2.20. The second kappa shape index (κ2) is 3.53. The van der Waals surface area contributed by atoms with Crippen LogP contribution >= 0.6 is 0 Å². The van der Waals surface area contributed by atoms with Crippen LogP contribution in [0.4, 0.5) is 0 Å². The van der Waals surface area contributed by atoms with Crippen molar-refractivity contribution >= 4 is 5.97 Å². The van der Waals surface area contributed by atoms with Gasteiger partial charge >= 0.3 is 5.97 Å². The highest BCUT2D eigenvalue weighted by Crippen LogP contribution is 2.07. The van der Waals surface area contributed by atoms with Crippen LogP contribution in [0.5, 0.6) is 0 Å². The number of rotatable bonds is 2. The van der Waals surface area contributed by atoms with Crippen LogP contribution in [0.3, 0.4) is 0 Å². The molecule has 0 aliphatic rings. The van der Waals surface area contributed by atoms with Gasteiger partial charge in [-0.3, -0.25) is 0 Å². The first-order chi connectivity index (χ1) is 4.87. The van der Waals surface area contributed by atoms with E-state index in [2.05, 4.69) is 6.58 Å². The third-order valence-electron chi connectivity index (χ3n) is 0.933. The third kappa shape index (κ3) is 4.56. The summed E-state index contributed by atoms with van der Waals surface area (Å²) in [5, 5.41) is 0. The van der Waals surface area contributed by atoms with Crippen molar-refractivity contribution in [1.29, 1.82) is 0 Å². The van der Waals surface area contributed by atoms with E-state index >= 15 is 0 Å². The molecule has 1 unspecified atom stereocenters. The summed E-state index contributed by atoms with van der Waals surface area (Å²) in [4.78, 5) is 11.0. The highest BCUT2D eigenvalue weighted by molar-refractivity contribution is 5.77. The molecule has 0 aliphatic heterocycles. The van der Waals surface area contributed by atoms with Gasteiger partial charge in [0.1, 0.15) is 11.6 Å². The summed E-state index contributed by atoms with van der Waals surface area (Å²) < 4.78 is 4.96. The van der Waals surface area contributed by atoms with Gasteiger partial charge < -0.3 is 10.5 Å². The first kappa shape index (κ1) is 10.2. The van der Waals surface area contributed by atoms with Crippen LogP contribution in [0.2, 0.25) is 0 Å². The van der Waals surface area contributed by atoms with E-state index in [1.54, 1.807) is 20.8 Å². The highest BCUT2D eigenvalue weighted by atomic mass is 16.6. The van der Waals surface area contributed by atoms with Gasteiger partial charge in [-0.25, -0.2) is 4.79 Å². The number of esters is 1. The Morgan fingerprint density at radius 2 is 2.09 bits per heavy atom. The largest absolute Gasteiger partial charge is 0.459 e. The minimum absolute atomic E-state index is 0.438. The number of carbonyl (C=O) groups excluding carboxylic acids is 1. The Balaban J connectivity index is 3.98. The zero-order chi connectivity index (χ0) is 9.07. The maximum atomic E-state index is 11.0. The molecule has 0 aliphatic carbocycles. The summed E-state index contributed by atoms with van der Waals surface area (Å²) in [6, 6.07) is -0.714. The fourth-order valence-electron chi connectivity index (χ4n) is 0.466. The van der Waals surface area contributed by atoms with E-state index in [1.807, 2.05) is 0 Å². The SMILES string of the molecule is C=CC(N)C(=O)OC(C)(C)C. The van der Waals surface area contributed by atoms with Crippen molar-refractivity contribution in [2.45, 2.75) is 32.4 Å². The lowest BCUT2D eigenvalue weighted by Crippen LogP contribution is -2.35. The monoisotopic (exact) mass is 157 g/mol. The van der Waals surface area contributed by atoms with Gasteiger partial charge in [-0.05, 0) is 20.8 Å². The topological polar surface area (TPSA) is 52.3 Å². The molecule has 0 fully saturated rings. The predicted molar refractivity (Wildman–Crippen MR) is 44.0 cm³/mol. The molecule has 11 heavy (non-hydrogen) atoms. The van der Waals surface area contributed by atoms with E-state index in [9.17, 15) is 4.79 Å². The molecule has 0 aromatic rings. The van der Waals surface area contributed by atoms with Crippen molar-refractivity contribution in [1.82, 2.24) is 0 Å². The summed E-state index contributed by atoms with van der Waals surface area (Å²) in [5.74, 6) is -0.438. The number of nitrogens with two attached hydrogens (primary N) is 1. The number of carbonyl (C=O) groups is 1. The van der Waals surface area contributed by atoms with Crippen molar-refractivity contribution in [2.75, 3.05) is 0 Å². The smallest absolute Gasteiger partial charge is 0.327 e. The average Bonchev–Trinajstić information content (AvgIpc) is 1.82. The van der Waals surface area contributed by atoms with Gasteiger partial charge in [0.05, 0.1) is 0 Å². The van der Waals surface area contributed by atoms with Crippen LogP contribution < -0.4 is 5.73 Å². The van der Waals surface area contributed by atoms with Gasteiger partial charge in [0.2, 0.25) is 0 Å². The van der Waals surface area contributed by atoms with E-state index < -0.39 is 17.6 Å². The molecule has 0 saturated carbocycles. The van der Waals surface area contributed by atoms with Gasteiger partial charge in [0.15, 0.2) is 0 Å². The summed E-state index contributed by atoms with van der Waals surface area (Å²) in [6.07, 6.45) is 1.36. The Labute approximate surface area is 67.2 Å². The van der Waals surface area contributed by atoms with Crippen molar-refractivity contribution in [3.63, 3.8) is 0 Å². The molecule has 0 spiro atoms. The molecule has 3 heteroatoms. The first-order valence-electron chi connectivity index (χ1n) is 3.48. The Bertz CT molecular complexity index is 158. The molecule has 64 valence electrons. The van der Waals surface area contributed by atoms with Gasteiger partial charge in [-0.15, -0.1) is 6.58 Å². The van der Waals surface area contributed by atoms with Crippen LogP contribution in [0.1, 0.15) is 20.8 Å². The fourth-order valence-corrected chi connectivity index (χ4v) is 0.466. The summed E-state index contributed by atoms with van der Waals surface area (Å²) in [5.41, 5.74) is 4.86. The first-order valence-corrected chi connectivity index (χ1v) is 3.48. The fraction of sp³-hybridized carbons (Fsp3) is 0.625. The van der Waals surface area contributed by atoms with E-state index in [0.29, 0.717) is 0 Å². The van der Waals surface area contributed by atoms with Crippen molar-refractivity contribution in [3.05, 3.63) is 12.7 Å². The van der Waals surface area contributed by atoms with E-state index in [4.69, 9.17) is 10.5 Å². The second-order valence-corrected chi connectivity index (χ2v) is 3.29. The molecule has 0 heterocycles. The number of ether oxygens (including phenoxy) is 1. The molecule has 0 bridgehead atoms. The molecule has 0 radical (unpaired) electrons. The van der Waals surface area contributed by atoms with Gasteiger partial charge in [-0.1, -0.05) is 6.08 Å². The van der Waals surface area contributed by atoms with Crippen molar-refractivity contribution < 1.29 is 9.53 Å². The minimum Gasteiger partial charge on any atom is -0.459 e. The summed E-state index contributed by atoms with van der Waals surface area (Å²) in [7, 11) is 0. The van der Waals surface area contributed by atoms with Crippen LogP contribution in [-0.4, -0.2) is 17.6 Å². The maximum absolute atomic E-state index is 11.0. The molecule has 0 amide bonds. The molecule has 0 saturated heterocycles. The highest BCUT2D eigenvalue weighted by Gasteiger charge is 2.19. The Kier molecular flexibility index (Phi) is 3.26. The van der Waals surface area contributed by atoms with Crippen LogP contribution in [0, 0.1) is 0 Å². The van der Waals surface area contributed by atoms with Crippen LogP contribution in [-0.2, 0) is 9.53 Å². The van der Waals surface area contributed by atoms with Gasteiger partial charge in [-0.2, -0.15) is 0 Å². The quantitative estimate of drug-likeness (QED) is 0.477. The molecule has 0 aromatic carbocycles. The maximum Gasteiger partial charge on any atom is 0.327 e. The molecule has 0 rings (SSSR count). The molecule has 3 nitrogen and oxygen atoms in total. The molecule has 0 aromatic heterocycles. The molecular formula is C8H15NO2. The summed E-state index contributed by atoms with van der Waals surface area (Å²) >= 11 is 0. The molecule has 2 N–H and O–H groups in total. The summed E-state index contributed by atoms with van der Waals surface area (Å²) in [6.45, 7) is 8.76. The lowest BCUT2D eigenvalue weighted by molar-refractivity contribution is -0.155. The predicted octanol–water partition coefficient (Wildman–Crippen LogP) is 0.841. The van der Waals surface area contributed by atoms with Crippen molar-refractivity contribution in [3.8, 4) is 0 Å². The average molecular weight is 157 g/mol. The Morgan fingerprint density at radius 1 is 1.64 bits per heavy atom. The molecular weight excluding hydrogens is 142 g/mol.